The molecule has 0 radical (unpaired) electrons. The molecule has 1 saturated carbocycles. The summed E-state index contributed by atoms with van der Waals surface area (Å²) < 4.78 is 1.29. The van der Waals surface area contributed by atoms with E-state index >= 15 is 0 Å². The highest BCUT2D eigenvalue weighted by Gasteiger charge is 2.39. The van der Waals surface area contributed by atoms with Crippen molar-refractivity contribution in [3.8, 4) is 0 Å². The van der Waals surface area contributed by atoms with Crippen LogP contribution >= 0.6 is 27.7 Å². The molecule has 1 aromatic carbocycles. The fourth-order valence-electron chi connectivity index (χ4n) is 2.26. The van der Waals surface area contributed by atoms with E-state index in [9.17, 15) is 0 Å². The van der Waals surface area contributed by atoms with Crippen molar-refractivity contribution in [2.24, 2.45) is 0 Å². The molecule has 0 N–H and O–H groups in total. The van der Waals surface area contributed by atoms with Crippen molar-refractivity contribution in [3.63, 3.8) is 0 Å². The fraction of sp³-hybridized carbons (Fsp3) is 0.500. The number of thioether (sulfide) groups is 1. The lowest BCUT2D eigenvalue weighted by Gasteiger charge is -2.42. The van der Waals surface area contributed by atoms with Gasteiger partial charge in [0.05, 0.1) is 0 Å². The average molecular weight is 271 g/mol. The standard InChI is InChI=1S/C12H15BrS/c1-14-9-12(7-4-8-12)10-5-2-3-6-11(10)13/h2-3,5-6H,4,7-9H2,1H3. The Kier molecular flexibility index (Phi) is 3.23. The van der Waals surface area contributed by atoms with Gasteiger partial charge in [0.25, 0.3) is 0 Å². The lowest BCUT2D eigenvalue weighted by Crippen LogP contribution is -2.37. The van der Waals surface area contributed by atoms with Gasteiger partial charge in [0.1, 0.15) is 0 Å². The van der Waals surface area contributed by atoms with Crippen LogP contribution in [0, 0.1) is 0 Å². The highest BCUT2D eigenvalue weighted by Crippen LogP contribution is 2.47. The molecule has 0 unspecified atom stereocenters. The first-order valence-corrected chi connectivity index (χ1v) is 7.21. The van der Waals surface area contributed by atoms with Crippen LogP contribution in [0.3, 0.4) is 0 Å². The Balaban J connectivity index is 2.32. The second-order valence-electron chi connectivity index (χ2n) is 4.05. The van der Waals surface area contributed by atoms with Crippen LogP contribution in [0.5, 0.6) is 0 Å². The van der Waals surface area contributed by atoms with E-state index in [1.54, 1.807) is 0 Å². The summed E-state index contributed by atoms with van der Waals surface area (Å²) in [4.78, 5) is 0. The predicted octanol–water partition coefficient (Wildman–Crippen LogP) is 4.23. The average Bonchev–Trinajstić information content (AvgIpc) is 2.13. The van der Waals surface area contributed by atoms with Crippen molar-refractivity contribution in [2.45, 2.75) is 24.7 Å². The van der Waals surface area contributed by atoms with Crippen molar-refractivity contribution in [3.05, 3.63) is 34.3 Å². The van der Waals surface area contributed by atoms with E-state index in [-0.39, 0.29) is 0 Å². The van der Waals surface area contributed by atoms with E-state index < -0.39 is 0 Å². The lowest BCUT2D eigenvalue weighted by atomic mass is 9.66. The maximum atomic E-state index is 3.67. The van der Waals surface area contributed by atoms with Crippen LogP contribution in [-0.2, 0) is 5.41 Å². The second-order valence-corrected chi connectivity index (χ2v) is 5.77. The van der Waals surface area contributed by atoms with Gasteiger partial charge in [0.15, 0.2) is 0 Å². The molecule has 0 heterocycles. The SMILES string of the molecule is CSCC1(c2ccccc2Br)CCC1. The van der Waals surface area contributed by atoms with Gasteiger partial charge in [-0.1, -0.05) is 40.5 Å². The fourth-order valence-corrected chi connectivity index (χ4v) is 3.96. The summed E-state index contributed by atoms with van der Waals surface area (Å²) in [6, 6.07) is 8.69. The van der Waals surface area contributed by atoms with Crippen LogP contribution in [0.15, 0.2) is 28.7 Å². The normalized spacial score (nSPS) is 19.0. The molecule has 1 aliphatic carbocycles. The maximum absolute atomic E-state index is 3.67. The molecule has 0 bridgehead atoms. The largest absolute Gasteiger partial charge is 0.165 e. The van der Waals surface area contributed by atoms with Crippen molar-refractivity contribution >= 4 is 27.7 Å². The van der Waals surface area contributed by atoms with Gasteiger partial charge in [-0.3, -0.25) is 0 Å². The van der Waals surface area contributed by atoms with Crippen LogP contribution in [0.25, 0.3) is 0 Å². The molecule has 1 aliphatic rings. The molecule has 0 nitrogen and oxygen atoms in total. The third kappa shape index (κ3) is 1.74. The van der Waals surface area contributed by atoms with Gasteiger partial charge in [-0.2, -0.15) is 11.8 Å². The van der Waals surface area contributed by atoms with Gasteiger partial charge in [-0.25, -0.2) is 0 Å². The Morgan fingerprint density at radius 2 is 2.07 bits per heavy atom. The maximum Gasteiger partial charge on any atom is 0.0213 e. The van der Waals surface area contributed by atoms with Gasteiger partial charge < -0.3 is 0 Å². The van der Waals surface area contributed by atoms with E-state index in [4.69, 9.17) is 0 Å². The number of hydrogen-bond acceptors (Lipinski definition) is 1. The summed E-state index contributed by atoms with van der Waals surface area (Å²) in [5.41, 5.74) is 1.99. The minimum Gasteiger partial charge on any atom is -0.165 e. The van der Waals surface area contributed by atoms with Crippen LogP contribution in [-0.4, -0.2) is 12.0 Å². The molecule has 14 heavy (non-hydrogen) atoms. The Morgan fingerprint density at radius 1 is 1.36 bits per heavy atom. The monoisotopic (exact) mass is 270 g/mol. The summed E-state index contributed by atoms with van der Waals surface area (Å²) in [5.74, 6) is 1.26. The Hall–Kier alpha value is 0.0500. The molecule has 76 valence electrons. The zero-order valence-corrected chi connectivity index (χ0v) is 10.8. The second kappa shape index (κ2) is 4.28. The molecule has 0 spiro atoms. The summed E-state index contributed by atoms with van der Waals surface area (Å²) in [6.45, 7) is 0. The third-order valence-electron chi connectivity index (χ3n) is 3.18. The van der Waals surface area contributed by atoms with Gasteiger partial charge >= 0.3 is 0 Å². The van der Waals surface area contributed by atoms with E-state index in [2.05, 4.69) is 46.5 Å². The van der Waals surface area contributed by atoms with Crippen molar-refractivity contribution in [1.82, 2.24) is 0 Å². The smallest absolute Gasteiger partial charge is 0.0213 e. The Bertz CT molecular complexity index is 318. The first-order chi connectivity index (χ1) is 6.78. The zero-order chi connectivity index (χ0) is 10.0. The minimum atomic E-state index is 0.472. The molecule has 1 fully saturated rings. The van der Waals surface area contributed by atoms with E-state index in [0.29, 0.717) is 5.41 Å². The van der Waals surface area contributed by atoms with E-state index in [0.717, 1.165) is 0 Å². The van der Waals surface area contributed by atoms with Gasteiger partial charge in [-0.15, -0.1) is 0 Å². The zero-order valence-electron chi connectivity index (χ0n) is 8.42. The van der Waals surface area contributed by atoms with Crippen LogP contribution in [0.1, 0.15) is 24.8 Å². The van der Waals surface area contributed by atoms with Gasteiger partial charge in [0.2, 0.25) is 0 Å². The molecule has 2 heteroatoms. The quantitative estimate of drug-likeness (QED) is 0.792. The number of halogens is 1. The van der Waals surface area contributed by atoms with Crippen molar-refractivity contribution < 1.29 is 0 Å². The molecular formula is C12H15BrS. The Morgan fingerprint density at radius 3 is 2.57 bits per heavy atom. The summed E-state index contributed by atoms with van der Waals surface area (Å²) in [7, 11) is 0. The van der Waals surface area contributed by atoms with E-state index in [1.807, 2.05) is 11.8 Å². The molecule has 1 aromatic rings. The molecule has 2 rings (SSSR count). The van der Waals surface area contributed by atoms with Crippen molar-refractivity contribution in [2.75, 3.05) is 12.0 Å². The Labute approximate surface area is 98.6 Å². The molecular weight excluding hydrogens is 256 g/mol. The number of rotatable bonds is 3. The number of benzene rings is 1. The first-order valence-electron chi connectivity index (χ1n) is 5.02. The molecule has 0 aromatic heterocycles. The van der Waals surface area contributed by atoms with Crippen molar-refractivity contribution in [1.29, 1.82) is 0 Å². The topological polar surface area (TPSA) is 0 Å². The summed E-state index contributed by atoms with van der Waals surface area (Å²) in [5, 5.41) is 0. The molecule has 0 saturated heterocycles. The molecule has 0 amide bonds. The van der Waals surface area contributed by atoms with Crippen LogP contribution < -0.4 is 0 Å². The van der Waals surface area contributed by atoms with Crippen LogP contribution in [0.2, 0.25) is 0 Å². The summed E-state index contributed by atoms with van der Waals surface area (Å²) >= 11 is 5.63. The van der Waals surface area contributed by atoms with Gasteiger partial charge in [-0.05, 0) is 30.7 Å². The first kappa shape index (κ1) is 10.6. The number of hydrogen-bond donors (Lipinski definition) is 0. The van der Waals surface area contributed by atoms with Crippen LogP contribution in [0.4, 0.5) is 0 Å². The highest BCUT2D eigenvalue weighted by atomic mass is 79.9. The third-order valence-corrected chi connectivity index (χ3v) is 4.71. The van der Waals surface area contributed by atoms with Gasteiger partial charge in [0, 0.05) is 15.6 Å². The highest BCUT2D eigenvalue weighted by molar-refractivity contribution is 9.10. The summed E-state index contributed by atoms with van der Waals surface area (Å²) in [6.07, 6.45) is 6.31. The molecule has 0 atom stereocenters. The predicted molar refractivity (Wildman–Crippen MR) is 68.1 cm³/mol. The minimum absolute atomic E-state index is 0.472. The molecule has 0 aliphatic heterocycles. The lowest BCUT2D eigenvalue weighted by molar-refractivity contribution is 0.278. The van der Waals surface area contributed by atoms with E-state index in [1.165, 1.54) is 35.1 Å².